The molecule has 3 N–H and O–H groups in total. The Morgan fingerprint density at radius 1 is 1.67 bits per heavy atom. The smallest absolute Gasteiger partial charge is 0.239 e. The Labute approximate surface area is 91.6 Å². The van der Waals surface area contributed by atoms with Crippen LogP contribution in [0, 0.1) is 0 Å². The Morgan fingerprint density at radius 2 is 2.33 bits per heavy atom. The lowest BCUT2D eigenvalue weighted by Crippen LogP contribution is -2.32. The molecule has 1 amide bonds. The fourth-order valence-corrected chi connectivity index (χ4v) is 1.98. The van der Waals surface area contributed by atoms with Gasteiger partial charge in [0, 0.05) is 5.38 Å². The van der Waals surface area contributed by atoms with E-state index in [1.807, 2.05) is 4.72 Å². The molecule has 0 radical (unpaired) electrons. The summed E-state index contributed by atoms with van der Waals surface area (Å²) < 4.78 is 24.0. The Balaban J connectivity index is 2.58. The number of amides is 1. The lowest BCUT2D eigenvalue weighted by molar-refractivity contribution is -0.118. The number of sulfonamides is 1. The van der Waals surface area contributed by atoms with Crippen LogP contribution in [0.5, 0.6) is 0 Å². The number of nitrogens with one attached hydrogen (secondary N) is 1. The predicted molar refractivity (Wildman–Crippen MR) is 57.8 cm³/mol. The maximum absolute atomic E-state index is 11.2. The second kappa shape index (κ2) is 4.58. The molecule has 0 aliphatic heterocycles. The fraction of sp³-hybridized carbons (Fsp3) is 0.429. The van der Waals surface area contributed by atoms with Gasteiger partial charge in [-0.05, 0) is 6.92 Å². The third kappa shape index (κ3) is 3.84. The quantitative estimate of drug-likeness (QED) is 0.765. The predicted octanol–water partition coefficient (Wildman–Crippen LogP) is -0.266. The SMILES string of the molecule is CCS(=O)(=O)NC(=O)Cc1csc(N)n1. The van der Waals surface area contributed by atoms with E-state index in [1.54, 1.807) is 5.38 Å². The van der Waals surface area contributed by atoms with Gasteiger partial charge in [-0.25, -0.2) is 13.4 Å². The van der Waals surface area contributed by atoms with Gasteiger partial charge in [-0.2, -0.15) is 0 Å². The molecule has 0 aliphatic carbocycles. The van der Waals surface area contributed by atoms with Gasteiger partial charge in [0.25, 0.3) is 0 Å². The van der Waals surface area contributed by atoms with E-state index in [0.717, 1.165) is 0 Å². The summed E-state index contributed by atoms with van der Waals surface area (Å²) in [5, 5.41) is 1.98. The van der Waals surface area contributed by atoms with E-state index in [0.29, 0.717) is 10.8 Å². The molecule has 1 rings (SSSR count). The summed E-state index contributed by atoms with van der Waals surface area (Å²) in [7, 11) is -3.49. The number of rotatable bonds is 4. The van der Waals surface area contributed by atoms with Crippen LogP contribution in [0.2, 0.25) is 0 Å². The highest BCUT2D eigenvalue weighted by atomic mass is 32.2. The second-order valence-electron chi connectivity index (χ2n) is 2.78. The van der Waals surface area contributed by atoms with Gasteiger partial charge in [-0.15, -0.1) is 11.3 Å². The van der Waals surface area contributed by atoms with Crippen LogP contribution >= 0.6 is 11.3 Å². The van der Waals surface area contributed by atoms with E-state index in [1.165, 1.54) is 18.3 Å². The molecule has 1 aromatic rings. The largest absolute Gasteiger partial charge is 0.375 e. The molecule has 8 heteroatoms. The zero-order chi connectivity index (χ0) is 11.5. The average Bonchev–Trinajstić information content (AvgIpc) is 2.50. The van der Waals surface area contributed by atoms with E-state index in [2.05, 4.69) is 4.98 Å². The first kappa shape index (κ1) is 11.9. The molecular formula is C7H11N3O3S2. The lowest BCUT2D eigenvalue weighted by atomic mass is 10.3. The maximum Gasteiger partial charge on any atom is 0.239 e. The number of hydrogen-bond donors (Lipinski definition) is 2. The molecule has 0 fully saturated rings. The monoisotopic (exact) mass is 249 g/mol. The first-order chi connectivity index (χ1) is 6.93. The van der Waals surface area contributed by atoms with Crippen molar-refractivity contribution in [1.82, 2.24) is 9.71 Å². The summed E-state index contributed by atoms with van der Waals surface area (Å²) in [6, 6.07) is 0. The van der Waals surface area contributed by atoms with Gasteiger partial charge in [0.15, 0.2) is 5.13 Å². The van der Waals surface area contributed by atoms with Gasteiger partial charge in [0.05, 0.1) is 17.9 Å². The molecule has 0 saturated heterocycles. The number of hydrogen-bond acceptors (Lipinski definition) is 6. The number of nitrogens with zero attached hydrogens (tertiary/aromatic N) is 1. The fourth-order valence-electron chi connectivity index (χ4n) is 0.850. The zero-order valence-corrected chi connectivity index (χ0v) is 9.69. The van der Waals surface area contributed by atoms with Crippen molar-refractivity contribution < 1.29 is 13.2 Å². The van der Waals surface area contributed by atoms with Crippen molar-refractivity contribution in [2.24, 2.45) is 0 Å². The van der Waals surface area contributed by atoms with Crippen LogP contribution in [-0.2, 0) is 21.2 Å². The van der Waals surface area contributed by atoms with E-state index in [9.17, 15) is 13.2 Å². The molecule has 0 aromatic carbocycles. The highest BCUT2D eigenvalue weighted by Crippen LogP contribution is 2.11. The van der Waals surface area contributed by atoms with E-state index >= 15 is 0 Å². The molecule has 6 nitrogen and oxygen atoms in total. The van der Waals surface area contributed by atoms with Gasteiger partial charge in [-0.3, -0.25) is 9.52 Å². The van der Waals surface area contributed by atoms with Crippen molar-refractivity contribution in [3.63, 3.8) is 0 Å². The van der Waals surface area contributed by atoms with Crippen molar-refractivity contribution in [3.8, 4) is 0 Å². The number of thiazole rings is 1. The Morgan fingerprint density at radius 3 is 2.80 bits per heavy atom. The number of anilines is 1. The minimum absolute atomic E-state index is 0.0765. The minimum atomic E-state index is -3.49. The van der Waals surface area contributed by atoms with Crippen LogP contribution < -0.4 is 10.5 Å². The van der Waals surface area contributed by atoms with Crippen LogP contribution in [0.3, 0.4) is 0 Å². The maximum atomic E-state index is 11.2. The van der Waals surface area contributed by atoms with E-state index < -0.39 is 15.9 Å². The normalized spacial score (nSPS) is 11.3. The molecule has 0 unspecified atom stereocenters. The minimum Gasteiger partial charge on any atom is -0.375 e. The lowest BCUT2D eigenvalue weighted by Gasteiger charge is -2.02. The number of nitrogen functional groups attached to an aromatic ring is 1. The Kier molecular flexibility index (Phi) is 3.64. The molecule has 0 spiro atoms. The van der Waals surface area contributed by atoms with Gasteiger partial charge < -0.3 is 5.73 Å². The topological polar surface area (TPSA) is 102 Å². The summed E-state index contributed by atoms with van der Waals surface area (Å²) in [5.41, 5.74) is 5.84. The summed E-state index contributed by atoms with van der Waals surface area (Å²) in [4.78, 5) is 15.1. The first-order valence-electron chi connectivity index (χ1n) is 4.16. The highest BCUT2D eigenvalue weighted by Gasteiger charge is 2.13. The number of nitrogens with two attached hydrogens (primary N) is 1. The van der Waals surface area contributed by atoms with Crippen LogP contribution in [0.15, 0.2) is 5.38 Å². The molecular weight excluding hydrogens is 238 g/mol. The third-order valence-electron chi connectivity index (χ3n) is 1.56. The molecule has 1 heterocycles. The van der Waals surface area contributed by atoms with Crippen molar-refractivity contribution in [1.29, 1.82) is 0 Å². The van der Waals surface area contributed by atoms with Gasteiger partial charge in [0.1, 0.15) is 0 Å². The third-order valence-corrected chi connectivity index (χ3v) is 3.58. The second-order valence-corrected chi connectivity index (χ2v) is 5.68. The van der Waals surface area contributed by atoms with Gasteiger partial charge in [0.2, 0.25) is 15.9 Å². The van der Waals surface area contributed by atoms with Crippen LogP contribution in [-0.4, -0.2) is 25.1 Å². The van der Waals surface area contributed by atoms with Crippen molar-refractivity contribution in [2.45, 2.75) is 13.3 Å². The van der Waals surface area contributed by atoms with Crippen molar-refractivity contribution in [2.75, 3.05) is 11.5 Å². The van der Waals surface area contributed by atoms with Crippen LogP contribution in [0.4, 0.5) is 5.13 Å². The van der Waals surface area contributed by atoms with E-state index in [-0.39, 0.29) is 12.2 Å². The molecule has 1 aromatic heterocycles. The summed E-state index contributed by atoms with van der Waals surface area (Å²) in [6.45, 7) is 1.45. The number of aromatic nitrogens is 1. The molecule has 15 heavy (non-hydrogen) atoms. The van der Waals surface area contributed by atoms with Crippen molar-refractivity contribution >= 4 is 32.4 Å². The Hall–Kier alpha value is -1.15. The number of carbonyl (C=O) groups is 1. The van der Waals surface area contributed by atoms with Crippen LogP contribution in [0.25, 0.3) is 0 Å². The average molecular weight is 249 g/mol. The molecule has 84 valence electrons. The zero-order valence-electron chi connectivity index (χ0n) is 8.06. The molecule has 0 aliphatic rings. The van der Waals surface area contributed by atoms with Crippen LogP contribution in [0.1, 0.15) is 12.6 Å². The van der Waals surface area contributed by atoms with Gasteiger partial charge >= 0.3 is 0 Å². The Bertz CT molecular complexity index is 452. The van der Waals surface area contributed by atoms with Gasteiger partial charge in [-0.1, -0.05) is 0 Å². The van der Waals surface area contributed by atoms with E-state index in [4.69, 9.17) is 5.73 Å². The molecule has 0 bridgehead atoms. The molecule has 0 saturated carbocycles. The summed E-state index contributed by atoms with van der Waals surface area (Å²) in [6.07, 6.45) is -0.0765. The highest BCUT2D eigenvalue weighted by molar-refractivity contribution is 7.90. The summed E-state index contributed by atoms with van der Waals surface area (Å²) >= 11 is 1.21. The standard InChI is InChI=1S/C7H11N3O3S2/c1-2-15(12,13)10-6(11)3-5-4-14-7(8)9-5/h4H,2-3H2,1H3,(H2,8,9)(H,10,11). The first-order valence-corrected chi connectivity index (χ1v) is 6.69. The van der Waals surface area contributed by atoms with Crippen molar-refractivity contribution in [3.05, 3.63) is 11.1 Å². The summed E-state index contributed by atoms with van der Waals surface area (Å²) in [5.74, 6) is -0.722. The molecule has 0 atom stereocenters. The number of carbonyl (C=O) groups excluding carboxylic acids is 1.